The van der Waals surface area contributed by atoms with Gasteiger partial charge in [-0.3, -0.25) is 9.89 Å². The molecule has 6 nitrogen and oxygen atoms in total. The van der Waals surface area contributed by atoms with Gasteiger partial charge in [0.2, 0.25) is 0 Å². The van der Waals surface area contributed by atoms with Crippen LogP contribution in [0.5, 0.6) is 5.75 Å². The first-order chi connectivity index (χ1) is 11.1. The fourth-order valence-corrected chi connectivity index (χ4v) is 2.74. The number of ether oxygens (including phenoxy) is 2. The van der Waals surface area contributed by atoms with Gasteiger partial charge in [0.25, 0.3) is 0 Å². The molecule has 1 aliphatic heterocycles. The van der Waals surface area contributed by atoms with Crippen LogP contribution in [0.2, 0.25) is 0 Å². The topological polar surface area (TPSA) is 72.1 Å². The van der Waals surface area contributed by atoms with Crippen molar-refractivity contribution in [2.75, 3.05) is 45.3 Å². The Morgan fingerprint density at radius 2 is 2.08 bits per heavy atom. The van der Waals surface area contributed by atoms with Gasteiger partial charge >= 0.3 is 0 Å². The molecule has 2 rings (SSSR count). The van der Waals surface area contributed by atoms with Crippen LogP contribution in [0.25, 0.3) is 0 Å². The lowest BCUT2D eigenvalue weighted by atomic mass is 10.0. The first-order valence-electron chi connectivity index (χ1n) is 8.13. The molecular formula is C17H29IN4O2. The van der Waals surface area contributed by atoms with Crippen LogP contribution in [-0.4, -0.2) is 56.9 Å². The molecule has 1 unspecified atom stereocenters. The van der Waals surface area contributed by atoms with Crippen LogP contribution in [0.4, 0.5) is 5.69 Å². The molecule has 0 radical (unpaired) electrons. The van der Waals surface area contributed by atoms with Gasteiger partial charge < -0.3 is 20.5 Å². The highest BCUT2D eigenvalue weighted by atomic mass is 127. The summed E-state index contributed by atoms with van der Waals surface area (Å²) in [5, 5.41) is 3.12. The molecule has 0 amide bonds. The van der Waals surface area contributed by atoms with Crippen LogP contribution in [0.15, 0.2) is 29.3 Å². The van der Waals surface area contributed by atoms with Crippen molar-refractivity contribution in [3.8, 4) is 5.75 Å². The van der Waals surface area contributed by atoms with Crippen LogP contribution in [0, 0.1) is 5.92 Å². The molecule has 7 heteroatoms. The number of rotatable bonds is 6. The molecule has 1 fully saturated rings. The van der Waals surface area contributed by atoms with E-state index in [1.165, 1.54) is 0 Å². The molecule has 24 heavy (non-hydrogen) atoms. The largest absolute Gasteiger partial charge is 0.497 e. The van der Waals surface area contributed by atoms with Gasteiger partial charge in [0.1, 0.15) is 5.75 Å². The highest BCUT2D eigenvalue weighted by Crippen LogP contribution is 2.17. The molecule has 136 valence electrons. The van der Waals surface area contributed by atoms with Gasteiger partial charge in [-0.1, -0.05) is 19.9 Å². The van der Waals surface area contributed by atoms with Gasteiger partial charge in [-0.15, -0.1) is 24.0 Å². The molecule has 0 bridgehead atoms. The third kappa shape index (κ3) is 6.45. The zero-order valence-electron chi connectivity index (χ0n) is 14.7. The number of nitrogens with one attached hydrogen (secondary N) is 1. The summed E-state index contributed by atoms with van der Waals surface area (Å²) >= 11 is 0. The predicted molar refractivity (Wildman–Crippen MR) is 110 cm³/mol. The second-order valence-electron chi connectivity index (χ2n) is 6.04. The quantitative estimate of drug-likeness (QED) is 0.397. The number of benzene rings is 1. The molecule has 1 aromatic rings. The van der Waals surface area contributed by atoms with E-state index in [0.717, 1.165) is 37.7 Å². The molecule has 1 heterocycles. The first kappa shape index (κ1) is 21.0. The van der Waals surface area contributed by atoms with Crippen LogP contribution < -0.4 is 15.8 Å². The maximum atomic E-state index is 6.03. The van der Waals surface area contributed by atoms with E-state index in [0.29, 0.717) is 24.5 Å². The molecule has 0 aromatic heterocycles. The zero-order valence-corrected chi connectivity index (χ0v) is 17.0. The monoisotopic (exact) mass is 448 g/mol. The lowest BCUT2D eigenvalue weighted by molar-refractivity contribution is 0.00870. The highest BCUT2D eigenvalue weighted by molar-refractivity contribution is 14.0. The fourth-order valence-electron chi connectivity index (χ4n) is 2.74. The molecule has 0 spiro atoms. The van der Waals surface area contributed by atoms with E-state index in [1.807, 2.05) is 24.3 Å². The number of guanidine groups is 1. The number of nitrogens with zero attached hydrogens (tertiary/aromatic N) is 2. The van der Waals surface area contributed by atoms with Crippen molar-refractivity contribution in [1.29, 1.82) is 0 Å². The van der Waals surface area contributed by atoms with E-state index in [2.05, 4.69) is 29.1 Å². The Morgan fingerprint density at radius 1 is 1.38 bits per heavy atom. The van der Waals surface area contributed by atoms with Crippen molar-refractivity contribution >= 4 is 35.6 Å². The Labute approximate surface area is 161 Å². The minimum atomic E-state index is 0. The molecule has 1 aromatic carbocycles. The third-order valence-electron chi connectivity index (χ3n) is 4.08. The number of halogens is 1. The third-order valence-corrected chi connectivity index (χ3v) is 4.08. The number of hydrogen-bond donors (Lipinski definition) is 2. The van der Waals surface area contributed by atoms with Gasteiger partial charge in [-0.2, -0.15) is 0 Å². The Morgan fingerprint density at radius 3 is 2.71 bits per heavy atom. The lowest BCUT2D eigenvalue weighted by Gasteiger charge is -2.36. The molecular weight excluding hydrogens is 419 g/mol. The zero-order chi connectivity index (χ0) is 16.7. The lowest BCUT2D eigenvalue weighted by Crippen LogP contribution is -2.47. The van der Waals surface area contributed by atoms with Crippen molar-refractivity contribution in [3.63, 3.8) is 0 Å². The second kappa shape index (κ2) is 10.7. The average Bonchev–Trinajstić information content (AvgIpc) is 2.56. The van der Waals surface area contributed by atoms with Gasteiger partial charge in [0, 0.05) is 30.9 Å². The summed E-state index contributed by atoms with van der Waals surface area (Å²) < 4.78 is 10.6. The van der Waals surface area contributed by atoms with E-state index in [4.69, 9.17) is 15.2 Å². The smallest absolute Gasteiger partial charge is 0.193 e. The number of aliphatic imine (C=N–C) groups is 1. The van der Waals surface area contributed by atoms with Crippen LogP contribution >= 0.6 is 24.0 Å². The molecule has 1 saturated heterocycles. The normalized spacial score (nSPS) is 17.2. The summed E-state index contributed by atoms with van der Waals surface area (Å²) in [5.74, 6) is 1.73. The van der Waals surface area contributed by atoms with Crippen molar-refractivity contribution in [1.82, 2.24) is 4.90 Å². The maximum Gasteiger partial charge on any atom is 0.193 e. The molecule has 1 atom stereocenters. The second-order valence-corrected chi connectivity index (χ2v) is 6.04. The standard InChI is InChI=1S/C17H28N4O2.HI/c1-13(2)16(21-7-9-23-10-8-21)12-19-17(18)20-14-5-4-6-15(11-14)22-3;/h4-6,11,13,16H,7-10,12H2,1-3H3,(H3,18,19,20);1H. The summed E-state index contributed by atoms with van der Waals surface area (Å²) in [6.45, 7) is 8.64. The SMILES string of the molecule is COc1cccc(NC(N)=NCC(C(C)C)N2CCOCC2)c1.I. The number of hydrogen-bond acceptors (Lipinski definition) is 4. The van der Waals surface area contributed by atoms with Gasteiger partial charge in [-0.05, 0) is 18.1 Å². The summed E-state index contributed by atoms with van der Waals surface area (Å²) in [6.07, 6.45) is 0. The van der Waals surface area contributed by atoms with Gasteiger partial charge in [-0.25, -0.2) is 0 Å². The Kier molecular flexibility index (Phi) is 9.38. The van der Waals surface area contributed by atoms with Crippen molar-refractivity contribution in [2.24, 2.45) is 16.6 Å². The molecule has 3 N–H and O–H groups in total. The summed E-state index contributed by atoms with van der Waals surface area (Å²) in [7, 11) is 1.64. The Bertz CT molecular complexity index is 519. The van der Waals surface area contributed by atoms with Gasteiger partial charge in [0.05, 0.1) is 26.9 Å². The van der Waals surface area contributed by atoms with E-state index in [-0.39, 0.29) is 24.0 Å². The summed E-state index contributed by atoms with van der Waals surface area (Å²) in [6, 6.07) is 8.02. The number of anilines is 1. The summed E-state index contributed by atoms with van der Waals surface area (Å²) in [5.41, 5.74) is 6.90. The van der Waals surface area contributed by atoms with Crippen LogP contribution in [0.1, 0.15) is 13.8 Å². The van der Waals surface area contributed by atoms with E-state index in [1.54, 1.807) is 7.11 Å². The molecule has 0 aliphatic carbocycles. The van der Waals surface area contributed by atoms with Crippen molar-refractivity contribution in [2.45, 2.75) is 19.9 Å². The Hall–Kier alpha value is -1.06. The fraction of sp³-hybridized carbons (Fsp3) is 0.588. The van der Waals surface area contributed by atoms with Crippen LogP contribution in [0.3, 0.4) is 0 Å². The minimum Gasteiger partial charge on any atom is -0.497 e. The first-order valence-corrected chi connectivity index (χ1v) is 8.13. The Balaban J connectivity index is 0.00000288. The average molecular weight is 448 g/mol. The molecule has 0 saturated carbocycles. The van der Waals surface area contributed by atoms with Gasteiger partial charge in [0.15, 0.2) is 5.96 Å². The van der Waals surface area contributed by atoms with Crippen LogP contribution in [-0.2, 0) is 4.74 Å². The number of morpholine rings is 1. The highest BCUT2D eigenvalue weighted by Gasteiger charge is 2.23. The van der Waals surface area contributed by atoms with Crippen molar-refractivity contribution in [3.05, 3.63) is 24.3 Å². The number of nitrogens with two attached hydrogens (primary N) is 1. The summed E-state index contributed by atoms with van der Waals surface area (Å²) in [4.78, 5) is 6.97. The number of methoxy groups -OCH3 is 1. The minimum absolute atomic E-state index is 0. The maximum absolute atomic E-state index is 6.03. The molecule has 1 aliphatic rings. The van der Waals surface area contributed by atoms with E-state index < -0.39 is 0 Å². The van der Waals surface area contributed by atoms with Crippen molar-refractivity contribution < 1.29 is 9.47 Å². The predicted octanol–water partition coefficient (Wildman–Crippen LogP) is 2.40. The van der Waals surface area contributed by atoms with E-state index in [9.17, 15) is 0 Å². The van der Waals surface area contributed by atoms with E-state index >= 15 is 0 Å².